The van der Waals surface area contributed by atoms with Crippen molar-refractivity contribution < 1.29 is 0 Å². The van der Waals surface area contributed by atoms with E-state index in [1.165, 1.54) is 35.2 Å². The molecule has 2 heterocycles. The summed E-state index contributed by atoms with van der Waals surface area (Å²) in [6, 6.07) is 6.46. The lowest BCUT2D eigenvalue weighted by Gasteiger charge is -2.24. The standard InChI is InChI=1S/C16H20BrN3/c1-11-5-6-13(17)8-14(11)15-10-19-20(2)16(15)12-4-3-7-18-9-12/h5-6,8,10,12,18H,3-4,7,9H2,1-2H3. The molecular weight excluding hydrogens is 314 g/mol. The summed E-state index contributed by atoms with van der Waals surface area (Å²) >= 11 is 3.58. The molecule has 1 N–H and O–H groups in total. The first-order chi connectivity index (χ1) is 9.66. The molecule has 106 valence electrons. The van der Waals surface area contributed by atoms with Crippen LogP contribution in [0.25, 0.3) is 11.1 Å². The summed E-state index contributed by atoms with van der Waals surface area (Å²) in [5.74, 6) is 0.560. The number of aromatic nitrogens is 2. The molecule has 1 saturated heterocycles. The maximum Gasteiger partial charge on any atom is 0.0571 e. The molecule has 1 atom stereocenters. The predicted molar refractivity (Wildman–Crippen MR) is 85.9 cm³/mol. The Labute approximate surface area is 128 Å². The van der Waals surface area contributed by atoms with Gasteiger partial charge in [-0.15, -0.1) is 0 Å². The van der Waals surface area contributed by atoms with Crippen molar-refractivity contribution in [3.05, 3.63) is 40.1 Å². The molecule has 20 heavy (non-hydrogen) atoms. The fraction of sp³-hybridized carbons (Fsp3) is 0.438. The Kier molecular flexibility index (Phi) is 3.94. The van der Waals surface area contributed by atoms with Gasteiger partial charge in [-0.3, -0.25) is 4.68 Å². The lowest BCUT2D eigenvalue weighted by molar-refractivity contribution is 0.442. The van der Waals surface area contributed by atoms with E-state index in [9.17, 15) is 0 Å². The van der Waals surface area contributed by atoms with Crippen LogP contribution in [0.4, 0.5) is 0 Å². The molecule has 0 amide bonds. The van der Waals surface area contributed by atoms with E-state index in [2.05, 4.69) is 58.5 Å². The Hall–Kier alpha value is -1.13. The van der Waals surface area contributed by atoms with Crippen molar-refractivity contribution in [2.75, 3.05) is 13.1 Å². The number of nitrogens with zero attached hydrogens (tertiary/aromatic N) is 2. The fourth-order valence-electron chi connectivity index (χ4n) is 3.11. The first-order valence-corrected chi connectivity index (χ1v) is 7.95. The minimum absolute atomic E-state index is 0.560. The van der Waals surface area contributed by atoms with Crippen LogP contribution in [0.3, 0.4) is 0 Å². The highest BCUT2D eigenvalue weighted by atomic mass is 79.9. The van der Waals surface area contributed by atoms with E-state index in [1.54, 1.807) is 0 Å². The van der Waals surface area contributed by atoms with Gasteiger partial charge in [0.1, 0.15) is 0 Å². The first kappa shape index (κ1) is 13.8. The van der Waals surface area contributed by atoms with Gasteiger partial charge in [0.15, 0.2) is 0 Å². The van der Waals surface area contributed by atoms with Gasteiger partial charge < -0.3 is 5.32 Å². The minimum atomic E-state index is 0.560. The summed E-state index contributed by atoms with van der Waals surface area (Å²) in [6.45, 7) is 4.36. The van der Waals surface area contributed by atoms with Gasteiger partial charge in [0.2, 0.25) is 0 Å². The maximum absolute atomic E-state index is 4.51. The number of rotatable bonds is 2. The van der Waals surface area contributed by atoms with Crippen LogP contribution in [-0.4, -0.2) is 22.9 Å². The molecule has 0 saturated carbocycles. The summed E-state index contributed by atoms with van der Waals surface area (Å²) in [7, 11) is 2.06. The molecule has 2 aromatic rings. The van der Waals surface area contributed by atoms with Crippen molar-refractivity contribution in [2.24, 2.45) is 7.05 Å². The smallest absolute Gasteiger partial charge is 0.0571 e. The van der Waals surface area contributed by atoms with Gasteiger partial charge in [0.05, 0.1) is 11.9 Å². The van der Waals surface area contributed by atoms with Crippen molar-refractivity contribution in [3.8, 4) is 11.1 Å². The van der Waals surface area contributed by atoms with Crippen molar-refractivity contribution >= 4 is 15.9 Å². The van der Waals surface area contributed by atoms with Crippen molar-refractivity contribution in [2.45, 2.75) is 25.7 Å². The van der Waals surface area contributed by atoms with Gasteiger partial charge >= 0.3 is 0 Å². The zero-order valence-electron chi connectivity index (χ0n) is 12.0. The van der Waals surface area contributed by atoms with E-state index < -0.39 is 0 Å². The second-order valence-electron chi connectivity index (χ2n) is 5.57. The number of halogens is 1. The predicted octanol–water partition coefficient (Wildman–Crippen LogP) is 3.63. The molecule has 0 radical (unpaired) electrons. The zero-order chi connectivity index (χ0) is 14.1. The summed E-state index contributed by atoms with van der Waals surface area (Å²) < 4.78 is 3.17. The third-order valence-corrected chi connectivity index (χ3v) is 4.65. The molecule has 0 aliphatic carbocycles. The molecule has 1 aromatic carbocycles. The highest BCUT2D eigenvalue weighted by molar-refractivity contribution is 9.10. The quantitative estimate of drug-likeness (QED) is 0.909. The molecule has 3 rings (SSSR count). The van der Waals surface area contributed by atoms with Gasteiger partial charge in [0.25, 0.3) is 0 Å². The maximum atomic E-state index is 4.51. The van der Waals surface area contributed by atoms with Crippen LogP contribution in [0.1, 0.15) is 30.0 Å². The zero-order valence-corrected chi connectivity index (χ0v) is 13.6. The first-order valence-electron chi connectivity index (χ1n) is 7.16. The third kappa shape index (κ3) is 2.54. The van der Waals surface area contributed by atoms with Gasteiger partial charge in [-0.1, -0.05) is 22.0 Å². The SMILES string of the molecule is Cc1ccc(Br)cc1-c1cnn(C)c1C1CCCNC1. The van der Waals surface area contributed by atoms with Crippen molar-refractivity contribution in [1.29, 1.82) is 0 Å². The Bertz CT molecular complexity index is 612. The Morgan fingerprint density at radius 1 is 1.35 bits per heavy atom. The van der Waals surface area contributed by atoms with E-state index in [1.807, 2.05) is 10.9 Å². The summed E-state index contributed by atoms with van der Waals surface area (Å²) in [5.41, 5.74) is 5.22. The van der Waals surface area contributed by atoms with E-state index in [0.717, 1.165) is 17.6 Å². The second-order valence-corrected chi connectivity index (χ2v) is 6.49. The average Bonchev–Trinajstić information content (AvgIpc) is 2.84. The Morgan fingerprint density at radius 3 is 2.95 bits per heavy atom. The molecule has 4 heteroatoms. The van der Waals surface area contributed by atoms with Crippen LogP contribution >= 0.6 is 15.9 Å². The molecule has 1 unspecified atom stereocenters. The molecule has 1 fully saturated rings. The second kappa shape index (κ2) is 5.70. The largest absolute Gasteiger partial charge is 0.316 e. The number of piperidine rings is 1. The molecule has 1 aliphatic rings. The van der Waals surface area contributed by atoms with E-state index >= 15 is 0 Å². The summed E-state index contributed by atoms with van der Waals surface area (Å²) in [6.07, 6.45) is 4.50. The summed E-state index contributed by atoms with van der Waals surface area (Å²) in [5, 5.41) is 8.02. The van der Waals surface area contributed by atoms with Crippen LogP contribution in [0.5, 0.6) is 0 Å². The number of nitrogens with one attached hydrogen (secondary N) is 1. The highest BCUT2D eigenvalue weighted by Gasteiger charge is 2.23. The molecule has 3 nitrogen and oxygen atoms in total. The average molecular weight is 334 g/mol. The van der Waals surface area contributed by atoms with E-state index in [-0.39, 0.29) is 0 Å². The van der Waals surface area contributed by atoms with Crippen molar-refractivity contribution in [1.82, 2.24) is 15.1 Å². The van der Waals surface area contributed by atoms with Crippen molar-refractivity contribution in [3.63, 3.8) is 0 Å². The molecule has 1 aromatic heterocycles. The van der Waals surface area contributed by atoms with Gasteiger partial charge in [-0.2, -0.15) is 5.10 Å². The van der Waals surface area contributed by atoms with Crippen LogP contribution < -0.4 is 5.32 Å². The fourth-order valence-corrected chi connectivity index (χ4v) is 3.47. The Morgan fingerprint density at radius 2 is 2.20 bits per heavy atom. The van der Waals surface area contributed by atoms with Crippen LogP contribution in [-0.2, 0) is 7.05 Å². The van der Waals surface area contributed by atoms with Gasteiger partial charge in [0, 0.05) is 29.5 Å². The van der Waals surface area contributed by atoms with E-state index in [4.69, 9.17) is 0 Å². The molecule has 0 spiro atoms. The van der Waals surface area contributed by atoms with Gasteiger partial charge in [-0.25, -0.2) is 0 Å². The number of aryl methyl sites for hydroxylation is 2. The monoisotopic (exact) mass is 333 g/mol. The summed E-state index contributed by atoms with van der Waals surface area (Å²) in [4.78, 5) is 0. The molecule has 0 bridgehead atoms. The lowest BCUT2D eigenvalue weighted by Crippen LogP contribution is -2.29. The minimum Gasteiger partial charge on any atom is -0.316 e. The number of benzene rings is 1. The Balaban J connectivity index is 2.08. The number of hydrogen-bond donors (Lipinski definition) is 1. The van der Waals surface area contributed by atoms with Gasteiger partial charge in [-0.05, 0) is 49.6 Å². The van der Waals surface area contributed by atoms with Crippen LogP contribution in [0.15, 0.2) is 28.9 Å². The van der Waals surface area contributed by atoms with E-state index in [0.29, 0.717) is 5.92 Å². The molecule has 1 aliphatic heterocycles. The van der Waals surface area contributed by atoms with Crippen LogP contribution in [0.2, 0.25) is 0 Å². The lowest BCUT2D eigenvalue weighted by atomic mass is 9.90. The number of hydrogen-bond acceptors (Lipinski definition) is 2. The molecular formula is C16H20BrN3. The topological polar surface area (TPSA) is 29.9 Å². The van der Waals surface area contributed by atoms with Crippen LogP contribution in [0, 0.1) is 6.92 Å². The highest BCUT2D eigenvalue weighted by Crippen LogP contribution is 2.35. The normalized spacial score (nSPS) is 19.2. The third-order valence-electron chi connectivity index (χ3n) is 4.16.